The minimum Gasteiger partial charge on any atom is -0.496 e. The number of aromatic amines is 1. The van der Waals surface area contributed by atoms with Crippen molar-refractivity contribution in [1.29, 1.82) is 0 Å². The van der Waals surface area contributed by atoms with Gasteiger partial charge in [-0.15, -0.1) is 0 Å². The maximum absolute atomic E-state index is 12.5. The van der Waals surface area contributed by atoms with Gasteiger partial charge >= 0.3 is 0 Å². The van der Waals surface area contributed by atoms with Crippen LogP contribution in [0.1, 0.15) is 27.2 Å². The molecular formula is C22H20N4O2. The molecule has 0 saturated heterocycles. The zero-order valence-electron chi connectivity index (χ0n) is 15.5. The molecule has 6 heteroatoms. The molecule has 1 aromatic heterocycles. The second-order valence-electron chi connectivity index (χ2n) is 6.40. The first-order valence-corrected chi connectivity index (χ1v) is 9.06. The lowest BCUT2D eigenvalue weighted by molar-refractivity contribution is 0.0949. The lowest BCUT2D eigenvalue weighted by Gasteiger charge is -2.15. The number of fused-ring (bicyclic) bond motifs is 3. The van der Waals surface area contributed by atoms with E-state index in [2.05, 4.69) is 26.8 Å². The average molecular weight is 372 g/mol. The highest BCUT2D eigenvalue weighted by Gasteiger charge is 2.24. The molecular weight excluding hydrogens is 352 g/mol. The van der Waals surface area contributed by atoms with E-state index >= 15 is 0 Å². The number of carbonyl (C=O) groups excluding carboxylic acids is 1. The number of para-hydroxylation sites is 1. The van der Waals surface area contributed by atoms with E-state index in [0.29, 0.717) is 5.69 Å². The highest BCUT2D eigenvalue weighted by molar-refractivity contribution is 5.96. The number of hydrogen-bond donors (Lipinski definition) is 2. The van der Waals surface area contributed by atoms with Crippen LogP contribution in [-0.4, -0.2) is 29.4 Å². The Morgan fingerprint density at radius 2 is 2.00 bits per heavy atom. The van der Waals surface area contributed by atoms with Crippen molar-refractivity contribution in [1.82, 2.24) is 15.6 Å². The van der Waals surface area contributed by atoms with E-state index in [1.165, 1.54) is 11.8 Å². The van der Waals surface area contributed by atoms with E-state index in [0.717, 1.165) is 41.0 Å². The summed E-state index contributed by atoms with van der Waals surface area (Å²) in [5, 5.41) is 11.2. The van der Waals surface area contributed by atoms with Crippen LogP contribution >= 0.6 is 0 Å². The van der Waals surface area contributed by atoms with Gasteiger partial charge in [0.2, 0.25) is 0 Å². The van der Waals surface area contributed by atoms with E-state index in [-0.39, 0.29) is 5.91 Å². The van der Waals surface area contributed by atoms with Gasteiger partial charge in [0, 0.05) is 22.9 Å². The number of ether oxygens (including phenoxy) is 1. The molecule has 1 amide bonds. The van der Waals surface area contributed by atoms with Crippen LogP contribution in [0.2, 0.25) is 0 Å². The molecule has 0 unspecified atom stereocenters. The van der Waals surface area contributed by atoms with E-state index in [9.17, 15) is 4.79 Å². The number of amides is 1. The van der Waals surface area contributed by atoms with Gasteiger partial charge in [-0.2, -0.15) is 10.2 Å². The topological polar surface area (TPSA) is 79.4 Å². The molecule has 4 rings (SSSR count). The van der Waals surface area contributed by atoms with E-state index in [1.807, 2.05) is 48.5 Å². The van der Waals surface area contributed by atoms with Gasteiger partial charge < -0.3 is 4.74 Å². The second-order valence-corrected chi connectivity index (χ2v) is 6.40. The number of hydrazone groups is 1. The molecule has 28 heavy (non-hydrogen) atoms. The van der Waals surface area contributed by atoms with Crippen LogP contribution in [0.25, 0.3) is 17.3 Å². The number of carbonyl (C=O) groups is 1. The van der Waals surface area contributed by atoms with Crippen LogP contribution in [0.5, 0.6) is 5.75 Å². The molecule has 3 aromatic rings. The van der Waals surface area contributed by atoms with Gasteiger partial charge in [0.25, 0.3) is 5.91 Å². The summed E-state index contributed by atoms with van der Waals surface area (Å²) in [6, 6.07) is 15.8. The molecule has 0 radical (unpaired) electrons. The van der Waals surface area contributed by atoms with Gasteiger partial charge in [-0.05, 0) is 36.6 Å². The fraction of sp³-hybridized carbons (Fsp3) is 0.136. The van der Waals surface area contributed by atoms with Crippen LogP contribution < -0.4 is 10.2 Å². The molecule has 0 spiro atoms. The zero-order chi connectivity index (χ0) is 19.3. The highest BCUT2D eigenvalue weighted by atomic mass is 16.5. The molecule has 1 heterocycles. The van der Waals surface area contributed by atoms with E-state index in [1.54, 1.807) is 13.2 Å². The average Bonchev–Trinajstić information content (AvgIpc) is 3.18. The quantitative estimate of drug-likeness (QED) is 0.530. The number of aryl methyl sites for hydroxylation is 1. The summed E-state index contributed by atoms with van der Waals surface area (Å²) >= 11 is 0. The summed E-state index contributed by atoms with van der Waals surface area (Å²) in [6.45, 7) is 0. The smallest absolute Gasteiger partial charge is 0.289 e. The Kier molecular flexibility index (Phi) is 5.01. The first-order chi connectivity index (χ1) is 13.8. The Hall–Kier alpha value is -3.67. The molecule has 2 aromatic carbocycles. The van der Waals surface area contributed by atoms with Crippen LogP contribution in [0.4, 0.5) is 0 Å². The Balaban J connectivity index is 1.44. The van der Waals surface area contributed by atoms with E-state index < -0.39 is 0 Å². The minimum absolute atomic E-state index is 0.296. The summed E-state index contributed by atoms with van der Waals surface area (Å²) in [4.78, 5) is 12.5. The Labute approximate surface area is 162 Å². The molecule has 0 aliphatic heterocycles. The van der Waals surface area contributed by atoms with Crippen molar-refractivity contribution in [2.24, 2.45) is 5.10 Å². The number of aromatic nitrogens is 2. The number of H-pyrrole nitrogens is 1. The van der Waals surface area contributed by atoms with Crippen LogP contribution in [0.3, 0.4) is 0 Å². The molecule has 6 nitrogen and oxygen atoms in total. The van der Waals surface area contributed by atoms with Crippen molar-refractivity contribution < 1.29 is 9.53 Å². The Bertz CT molecular complexity index is 1070. The second kappa shape index (κ2) is 7.92. The normalized spacial score (nSPS) is 12.8. The Morgan fingerprint density at radius 1 is 1.18 bits per heavy atom. The SMILES string of the molecule is COc1ccccc1/C=C/C=N\NC(=O)c1[nH]nc2c1CCc1ccccc1-2. The van der Waals surface area contributed by atoms with Gasteiger partial charge in [0.15, 0.2) is 0 Å². The maximum Gasteiger partial charge on any atom is 0.289 e. The Morgan fingerprint density at radius 3 is 2.89 bits per heavy atom. The monoisotopic (exact) mass is 372 g/mol. The summed E-state index contributed by atoms with van der Waals surface area (Å²) < 4.78 is 5.29. The lowest BCUT2D eigenvalue weighted by Crippen LogP contribution is -2.20. The van der Waals surface area contributed by atoms with Gasteiger partial charge in [0.05, 0.1) is 12.8 Å². The van der Waals surface area contributed by atoms with Gasteiger partial charge in [-0.1, -0.05) is 42.5 Å². The standard InChI is InChI=1S/C22H20N4O2/c1-28-19-11-5-3-8-16(19)9-6-14-23-26-22(27)21-18-13-12-15-7-2-4-10-17(15)20(18)24-25-21/h2-11,14H,12-13H2,1H3,(H,24,25)(H,26,27)/b9-6+,23-14-. The predicted molar refractivity (Wildman–Crippen MR) is 109 cm³/mol. The molecule has 0 saturated carbocycles. The number of nitrogens with one attached hydrogen (secondary N) is 2. The number of allylic oxidation sites excluding steroid dienone is 1. The third-order valence-corrected chi connectivity index (χ3v) is 4.75. The first-order valence-electron chi connectivity index (χ1n) is 9.06. The largest absolute Gasteiger partial charge is 0.496 e. The van der Waals surface area contributed by atoms with Gasteiger partial charge in [-0.25, -0.2) is 5.43 Å². The van der Waals surface area contributed by atoms with E-state index in [4.69, 9.17) is 4.74 Å². The third kappa shape index (κ3) is 3.44. The van der Waals surface area contributed by atoms with Crippen molar-refractivity contribution in [3.05, 3.63) is 77.0 Å². The molecule has 0 bridgehead atoms. The minimum atomic E-state index is -0.296. The number of methoxy groups -OCH3 is 1. The molecule has 140 valence electrons. The van der Waals surface area contributed by atoms with Crippen molar-refractivity contribution in [2.75, 3.05) is 7.11 Å². The molecule has 1 aliphatic carbocycles. The lowest BCUT2D eigenvalue weighted by atomic mass is 9.89. The number of rotatable bonds is 5. The summed E-state index contributed by atoms with van der Waals surface area (Å²) in [5.41, 5.74) is 8.09. The molecule has 2 N–H and O–H groups in total. The van der Waals surface area contributed by atoms with Crippen molar-refractivity contribution in [3.8, 4) is 17.0 Å². The van der Waals surface area contributed by atoms with Crippen LogP contribution in [0, 0.1) is 0 Å². The molecule has 0 fully saturated rings. The fourth-order valence-electron chi connectivity index (χ4n) is 3.39. The number of benzene rings is 2. The summed E-state index contributed by atoms with van der Waals surface area (Å²) in [6.07, 6.45) is 6.82. The molecule has 1 aliphatic rings. The zero-order valence-corrected chi connectivity index (χ0v) is 15.5. The van der Waals surface area contributed by atoms with Crippen LogP contribution in [-0.2, 0) is 12.8 Å². The third-order valence-electron chi connectivity index (χ3n) is 4.75. The predicted octanol–water partition coefficient (Wildman–Crippen LogP) is 3.61. The van der Waals surface area contributed by atoms with Crippen molar-refractivity contribution in [2.45, 2.75) is 12.8 Å². The summed E-state index contributed by atoms with van der Waals surface area (Å²) in [7, 11) is 1.63. The van der Waals surface area contributed by atoms with Crippen molar-refractivity contribution >= 4 is 18.2 Å². The highest BCUT2D eigenvalue weighted by Crippen LogP contribution is 2.33. The van der Waals surface area contributed by atoms with Gasteiger partial charge in [-0.3, -0.25) is 9.89 Å². The maximum atomic E-state index is 12.5. The number of hydrogen-bond acceptors (Lipinski definition) is 4. The number of nitrogens with zero attached hydrogens (tertiary/aromatic N) is 2. The molecule has 0 atom stereocenters. The first kappa shape index (κ1) is 17.7. The summed E-state index contributed by atoms with van der Waals surface area (Å²) in [5.74, 6) is 0.482. The van der Waals surface area contributed by atoms with Crippen LogP contribution in [0.15, 0.2) is 59.7 Å². The fourth-order valence-corrected chi connectivity index (χ4v) is 3.39. The van der Waals surface area contributed by atoms with Gasteiger partial charge in [0.1, 0.15) is 11.4 Å². The van der Waals surface area contributed by atoms with Crippen molar-refractivity contribution in [3.63, 3.8) is 0 Å².